The smallest absolute Gasteiger partial charge is 0.271 e. The fourth-order valence-electron chi connectivity index (χ4n) is 3.78. The molecule has 2 N–H and O–H groups in total. The van der Waals surface area contributed by atoms with Crippen LogP contribution >= 0.6 is 11.3 Å². The maximum Gasteiger partial charge on any atom is 0.271 e. The molecule has 4 rings (SSSR count). The largest absolute Gasteiger partial charge is 0.497 e. The van der Waals surface area contributed by atoms with Crippen LogP contribution in [0.1, 0.15) is 39.8 Å². The van der Waals surface area contributed by atoms with Crippen molar-refractivity contribution in [1.82, 2.24) is 20.4 Å². The van der Waals surface area contributed by atoms with Crippen LogP contribution in [0.25, 0.3) is 10.6 Å². The van der Waals surface area contributed by atoms with Crippen LogP contribution in [-0.2, 0) is 0 Å². The number of hydrogen-bond donors (Lipinski definition) is 2. The van der Waals surface area contributed by atoms with Gasteiger partial charge in [0.25, 0.3) is 5.91 Å². The lowest BCUT2D eigenvalue weighted by Crippen LogP contribution is -2.37. The van der Waals surface area contributed by atoms with Crippen molar-refractivity contribution in [2.45, 2.75) is 25.8 Å². The van der Waals surface area contributed by atoms with Crippen LogP contribution in [-0.4, -0.2) is 47.7 Å². The van der Waals surface area contributed by atoms with Crippen LogP contribution in [0.5, 0.6) is 5.75 Å². The van der Waals surface area contributed by atoms with E-state index < -0.39 is 0 Å². The number of nitrogens with zero attached hydrogens (tertiary/aromatic N) is 2. The van der Waals surface area contributed by atoms with Gasteiger partial charge >= 0.3 is 0 Å². The highest BCUT2D eigenvalue weighted by Gasteiger charge is 2.25. The maximum absolute atomic E-state index is 12.7. The Morgan fingerprint density at radius 2 is 2.10 bits per heavy atom. The van der Waals surface area contributed by atoms with E-state index in [0.29, 0.717) is 12.2 Å². The van der Waals surface area contributed by atoms with E-state index in [1.165, 1.54) is 17.7 Å². The second-order valence-electron chi connectivity index (χ2n) is 7.32. The Kier molecular flexibility index (Phi) is 5.97. The van der Waals surface area contributed by atoms with Crippen LogP contribution in [0.15, 0.2) is 42.5 Å². The highest BCUT2D eigenvalue weighted by molar-refractivity contribution is 7.15. The summed E-state index contributed by atoms with van der Waals surface area (Å²) in [7, 11) is 1.68. The molecule has 1 unspecified atom stereocenters. The van der Waals surface area contributed by atoms with Gasteiger partial charge < -0.3 is 10.1 Å². The van der Waals surface area contributed by atoms with Gasteiger partial charge in [0.05, 0.1) is 23.7 Å². The van der Waals surface area contributed by atoms with Gasteiger partial charge in [0.1, 0.15) is 5.75 Å². The van der Waals surface area contributed by atoms with Gasteiger partial charge in [-0.25, -0.2) is 0 Å². The summed E-state index contributed by atoms with van der Waals surface area (Å²) >= 11 is 1.68. The average molecular weight is 411 g/mol. The Balaban J connectivity index is 1.47. The Labute approximate surface area is 174 Å². The summed E-state index contributed by atoms with van der Waals surface area (Å²) in [6.07, 6.45) is 2.38. The first-order chi connectivity index (χ1) is 14.1. The normalized spacial score (nSPS) is 15.4. The lowest BCUT2D eigenvalue weighted by molar-refractivity contribution is 0.0933. The third-order valence-corrected chi connectivity index (χ3v) is 6.37. The van der Waals surface area contributed by atoms with Crippen molar-refractivity contribution in [3.05, 3.63) is 58.6 Å². The summed E-state index contributed by atoms with van der Waals surface area (Å²) in [5.41, 5.74) is 2.44. The van der Waals surface area contributed by atoms with E-state index in [4.69, 9.17) is 4.74 Å². The molecule has 7 heteroatoms. The fraction of sp³-hybridized carbons (Fsp3) is 0.364. The van der Waals surface area contributed by atoms with Gasteiger partial charge in [0, 0.05) is 11.4 Å². The summed E-state index contributed by atoms with van der Waals surface area (Å²) in [6.45, 7) is 4.69. The van der Waals surface area contributed by atoms with Crippen LogP contribution in [0.3, 0.4) is 0 Å². The number of rotatable bonds is 7. The van der Waals surface area contributed by atoms with Gasteiger partial charge in [-0.2, -0.15) is 5.10 Å². The summed E-state index contributed by atoms with van der Waals surface area (Å²) in [4.78, 5) is 17.5. The molecule has 3 aromatic rings. The summed E-state index contributed by atoms with van der Waals surface area (Å²) in [5.74, 6) is 0.675. The van der Waals surface area contributed by atoms with Gasteiger partial charge in [-0.15, -0.1) is 11.3 Å². The Hall–Kier alpha value is -2.64. The molecule has 29 heavy (non-hydrogen) atoms. The van der Waals surface area contributed by atoms with E-state index in [9.17, 15) is 4.79 Å². The van der Waals surface area contributed by atoms with Gasteiger partial charge in [0.2, 0.25) is 0 Å². The number of benzene rings is 1. The first-order valence-electron chi connectivity index (χ1n) is 9.92. The number of nitrogens with one attached hydrogen (secondary N) is 2. The molecule has 0 aliphatic carbocycles. The molecule has 1 aromatic carbocycles. The van der Waals surface area contributed by atoms with Crippen LogP contribution in [0.4, 0.5) is 0 Å². The zero-order valence-corrected chi connectivity index (χ0v) is 17.6. The van der Waals surface area contributed by atoms with Gasteiger partial charge in [-0.1, -0.05) is 12.1 Å². The predicted molar refractivity (Wildman–Crippen MR) is 116 cm³/mol. The lowest BCUT2D eigenvalue weighted by atomic mass is 10.0. The molecule has 0 bridgehead atoms. The number of thiophene rings is 1. The number of methoxy groups -OCH3 is 1. The van der Waals surface area contributed by atoms with Crippen molar-refractivity contribution in [1.29, 1.82) is 0 Å². The van der Waals surface area contributed by atoms with Crippen molar-refractivity contribution in [3.63, 3.8) is 0 Å². The van der Waals surface area contributed by atoms with Crippen molar-refractivity contribution < 1.29 is 9.53 Å². The number of aromatic nitrogens is 2. The van der Waals surface area contributed by atoms with Crippen molar-refractivity contribution >= 4 is 17.2 Å². The quantitative estimate of drug-likeness (QED) is 0.617. The van der Waals surface area contributed by atoms with Crippen molar-refractivity contribution in [2.24, 2.45) is 0 Å². The predicted octanol–water partition coefficient (Wildman–Crippen LogP) is 4.02. The molecule has 1 fully saturated rings. The summed E-state index contributed by atoms with van der Waals surface area (Å²) < 4.78 is 5.39. The monoisotopic (exact) mass is 410 g/mol. The number of aromatic amines is 1. The Morgan fingerprint density at radius 3 is 2.83 bits per heavy atom. The molecule has 0 saturated carbocycles. The molecule has 0 spiro atoms. The average Bonchev–Trinajstić information content (AvgIpc) is 3.50. The molecule has 1 atom stereocenters. The summed E-state index contributed by atoms with van der Waals surface area (Å²) in [6, 6.07) is 14.1. The van der Waals surface area contributed by atoms with Crippen LogP contribution in [0, 0.1) is 6.92 Å². The molecular weight excluding hydrogens is 384 g/mol. The highest BCUT2D eigenvalue weighted by Crippen LogP contribution is 2.28. The molecule has 0 radical (unpaired) electrons. The molecule has 152 valence electrons. The van der Waals surface area contributed by atoms with Crippen LogP contribution in [0.2, 0.25) is 0 Å². The number of amides is 1. The first-order valence-corrected chi connectivity index (χ1v) is 10.7. The Bertz CT molecular complexity index is 975. The molecule has 2 aromatic heterocycles. The molecule has 1 saturated heterocycles. The zero-order chi connectivity index (χ0) is 20.2. The van der Waals surface area contributed by atoms with E-state index >= 15 is 0 Å². The van der Waals surface area contributed by atoms with Gasteiger partial charge in [-0.05, 0) is 68.8 Å². The maximum atomic E-state index is 12.7. The van der Waals surface area contributed by atoms with E-state index in [1.807, 2.05) is 24.3 Å². The second-order valence-corrected chi connectivity index (χ2v) is 8.61. The lowest BCUT2D eigenvalue weighted by Gasteiger charge is -2.28. The molecule has 3 heterocycles. The third-order valence-electron chi connectivity index (χ3n) is 5.33. The third kappa shape index (κ3) is 4.52. The molecule has 6 nitrogen and oxygen atoms in total. The number of likely N-dealkylation sites (tertiary alicyclic amines) is 1. The molecule has 1 amide bonds. The number of carbonyl (C=O) groups excluding carboxylic acids is 1. The number of hydrogen-bond acceptors (Lipinski definition) is 5. The minimum absolute atomic E-state index is 0.120. The van der Waals surface area contributed by atoms with Crippen molar-refractivity contribution in [3.8, 4) is 16.3 Å². The SMILES string of the molecule is COc1cccc(C(CNC(=O)c2cc(-c3ccc(C)s3)[nH]n2)N2CCCC2)c1. The first kappa shape index (κ1) is 19.7. The zero-order valence-electron chi connectivity index (χ0n) is 16.8. The van der Waals surface area contributed by atoms with E-state index in [-0.39, 0.29) is 11.9 Å². The minimum atomic E-state index is -0.159. The molecule has 1 aliphatic heterocycles. The second kappa shape index (κ2) is 8.80. The molecule has 1 aliphatic rings. The Morgan fingerprint density at radius 1 is 1.28 bits per heavy atom. The fourth-order valence-corrected chi connectivity index (χ4v) is 4.62. The van der Waals surface area contributed by atoms with Gasteiger partial charge in [-0.3, -0.25) is 14.8 Å². The van der Waals surface area contributed by atoms with E-state index in [1.54, 1.807) is 18.4 Å². The van der Waals surface area contributed by atoms with Crippen molar-refractivity contribution in [2.75, 3.05) is 26.7 Å². The van der Waals surface area contributed by atoms with E-state index in [0.717, 1.165) is 35.0 Å². The van der Waals surface area contributed by atoms with Gasteiger partial charge in [0.15, 0.2) is 5.69 Å². The standard InChI is InChI=1S/C22H26N4O2S/c1-15-8-9-21(29-15)18-13-19(25-24-18)22(27)23-14-20(26-10-3-4-11-26)16-6-5-7-17(12-16)28-2/h5-9,12-13,20H,3-4,10-11,14H2,1-2H3,(H,23,27)(H,24,25). The molecular formula is C22H26N4O2S. The number of ether oxygens (including phenoxy) is 1. The van der Waals surface area contributed by atoms with Crippen LogP contribution < -0.4 is 10.1 Å². The minimum Gasteiger partial charge on any atom is -0.497 e. The topological polar surface area (TPSA) is 70.2 Å². The number of carbonyl (C=O) groups is 1. The highest BCUT2D eigenvalue weighted by atomic mass is 32.1. The van der Waals surface area contributed by atoms with E-state index in [2.05, 4.69) is 45.5 Å². The summed E-state index contributed by atoms with van der Waals surface area (Å²) in [5, 5.41) is 10.3. The number of H-pyrrole nitrogens is 1. The number of aryl methyl sites for hydroxylation is 1.